The molecular weight excluding hydrogens is 742 g/mol. The molecule has 3 aliphatic rings. The van der Waals surface area contributed by atoms with Gasteiger partial charge in [0.05, 0.1) is 49.6 Å². The van der Waals surface area contributed by atoms with Crippen LogP contribution in [0.5, 0.6) is 11.5 Å². The Bertz CT molecular complexity index is 1640. The number of allylic oxidation sites excluding steroid dienone is 1. The van der Waals surface area contributed by atoms with E-state index in [4.69, 9.17) is 40.1 Å². The van der Waals surface area contributed by atoms with Crippen LogP contribution in [0.4, 0.5) is 4.79 Å². The Labute approximate surface area is 335 Å². The number of aromatic nitrogens is 1. The standard InChI is InChI=1S/C42H58ClN3O10/c1-4-21-55-42-38(46(17-23-52-24-20-49)41(50)53-22-16-43)27-36(45-51-3)34-25-30(11-5-7-18-47)33(13-6-8-19-48)39(40(34)42)35-26-32(14-15-37(35)56-42)54-28-31-12-9-10-29(2)44-31/h4,9-10,12,14-15,25-26,30,33,38-40,47-49H,1,5-8,11,13,16-24,27-28H2,2-3H3. The van der Waals surface area contributed by atoms with Crippen LogP contribution in [0.1, 0.15) is 67.8 Å². The molecule has 0 saturated heterocycles. The smallest absolute Gasteiger partial charge is 0.410 e. The van der Waals surface area contributed by atoms with Gasteiger partial charge in [-0.25, -0.2) is 4.79 Å². The number of ether oxygens (including phenoxy) is 5. The predicted octanol–water partition coefficient (Wildman–Crippen LogP) is 5.92. The molecule has 13 nitrogen and oxygen atoms in total. The Morgan fingerprint density at radius 1 is 1.09 bits per heavy atom. The SMILES string of the molecule is C=CCOC12Oc3ccc(OCc4cccc(C)n4)cc3C3C(CCCCO)C(CCCCO)C=C(C(=NOC)CC1N(CCOCCO)C(=O)OCCCl)C32. The van der Waals surface area contributed by atoms with E-state index >= 15 is 0 Å². The number of benzene rings is 1. The highest BCUT2D eigenvalue weighted by Gasteiger charge is 2.65. The number of hydrogen-bond acceptors (Lipinski definition) is 12. The van der Waals surface area contributed by atoms with Crippen molar-refractivity contribution in [2.24, 2.45) is 22.9 Å². The van der Waals surface area contributed by atoms with E-state index < -0.39 is 23.8 Å². The van der Waals surface area contributed by atoms with Crippen molar-refractivity contribution in [1.29, 1.82) is 0 Å². The zero-order valence-electron chi connectivity index (χ0n) is 32.7. The van der Waals surface area contributed by atoms with Gasteiger partial charge in [0.1, 0.15) is 37.9 Å². The van der Waals surface area contributed by atoms with Crippen LogP contribution in [0.2, 0.25) is 0 Å². The first-order chi connectivity index (χ1) is 27.3. The number of fused-ring (bicyclic) bond motifs is 2. The van der Waals surface area contributed by atoms with E-state index in [1.54, 1.807) is 11.0 Å². The van der Waals surface area contributed by atoms with Crippen LogP contribution in [0.3, 0.4) is 0 Å². The average molecular weight is 800 g/mol. The Balaban J connectivity index is 1.72. The van der Waals surface area contributed by atoms with Gasteiger partial charge >= 0.3 is 6.09 Å². The number of alkyl halides is 1. The number of carbonyl (C=O) groups excluding carboxylic acids is 1. The Hall–Kier alpha value is -3.72. The summed E-state index contributed by atoms with van der Waals surface area (Å²) in [4.78, 5) is 25.7. The molecule has 56 heavy (non-hydrogen) atoms. The van der Waals surface area contributed by atoms with Gasteiger partial charge in [-0.15, -0.1) is 18.2 Å². The lowest BCUT2D eigenvalue weighted by atomic mass is 9.55. The summed E-state index contributed by atoms with van der Waals surface area (Å²) in [5.41, 5.74) is 4.22. The maximum Gasteiger partial charge on any atom is 0.410 e. The summed E-state index contributed by atoms with van der Waals surface area (Å²) in [6.45, 7) is 6.63. The van der Waals surface area contributed by atoms with Crippen LogP contribution >= 0.6 is 11.6 Å². The number of rotatable bonds is 23. The zero-order chi connectivity index (χ0) is 39.9. The third kappa shape index (κ3) is 10.2. The van der Waals surface area contributed by atoms with Gasteiger partial charge in [-0.05, 0) is 80.3 Å². The van der Waals surface area contributed by atoms with Gasteiger partial charge in [0.2, 0.25) is 5.79 Å². The zero-order valence-corrected chi connectivity index (χ0v) is 33.4. The molecule has 14 heteroatoms. The monoisotopic (exact) mass is 799 g/mol. The fourth-order valence-electron chi connectivity index (χ4n) is 8.60. The molecule has 1 saturated carbocycles. The highest BCUT2D eigenvalue weighted by Crippen LogP contribution is 2.62. The van der Waals surface area contributed by atoms with Gasteiger partial charge < -0.3 is 43.8 Å². The molecule has 1 aromatic carbocycles. The minimum Gasteiger partial charge on any atom is -0.487 e. The van der Waals surface area contributed by atoms with Crippen molar-refractivity contribution in [3.8, 4) is 11.5 Å². The molecule has 308 valence electrons. The van der Waals surface area contributed by atoms with E-state index in [2.05, 4.69) is 22.8 Å². The molecule has 2 heterocycles. The molecule has 1 aromatic heterocycles. The first-order valence-electron chi connectivity index (χ1n) is 19.7. The third-order valence-electron chi connectivity index (χ3n) is 10.8. The minimum atomic E-state index is -1.46. The lowest BCUT2D eigenvalue weighted by Crippen LogP contribution is -2.70. The van der Waals surface area contributed by atoms with E-state index in [9.17, 15) is 20.1 Å². The van der Waals surface area contributed by atoms with Crippen LogP contribution in [-0.4, -0.2) is 115 Å². The lowest BCUT2D eigenvalue weighted by Gasteiger charge is -2.59. The van der Waals surface area contributed by atoms with E-state index in [1.807, 2.05) is 43.3 Å². The molecule has 6 atom stereocenters. The van der Waals surface area contributed by atoms with E-state index in [1.165, 1.54) is 7.11 Å². The van der Waals surface area contributed by atoms with Gasteiger partial charge in [0, 0.05) is 43.4 Å². The largest absolute Gasteiger partial charge is 0.487 e. The molecule has 0 radical (unpaired) electrons. The van der Waals surface area contributed by atoms with Crippen molar-refractivity contribution >= 4 is 23.4 Å². The first kappa shape index (κ1) is 43.4. The number of unbranched alkanes of at least 4 members (excludes halogenated alkanes) is 2. The van der Waals surface area contributed by atoms with Crippen LogP contribution in [0.25, 0.3) is 0 Å². The molecule has 6 unspecified atom stereocenters. The maximum absolute atomic E-state index is 14.1. The van der Waals surface area contributed by atoms with E-state index in [0.29, 0.717) is 30.1 Å². The summed E-state index contributed by atoms with van der Waals surface area (Å²) in [5, 5.41) is 33.7. The second kappa shape index (κ2) is 21.7. The summed E-state index contributed by atoms with van der Waals surface area (Å²) in [7, 11) is 1.50. The fourth-order valence-corrected chi connectivity index (χ4v) is 8.68. The minimum absolute atomic E-state index is 0.00909. The third-order valence-corrected chi connectivity index (χ3v) is 11.0. The topological polar surface area (TPSA) is 162 Å². The second-order valence-electron chi connectivity index (χ2n) is 14.3. The number of carbonyl (C=O) groups is 1. The number of aryl methyl sites for hydroxylation is 1. The number of aliphatic hydroxyl groups excluding tert-OH is 3. The number of nitrogens with zero attached hydrogens (tertiary/aromatic N) is 3. The summed E-state index contributed by atoms with van der Waals surface area (Å²) in [6.07, 6.45) is 8.08. The Morgan fingerprint density at radius 2 is 1.89 bits per heavy atom. The quantitative estimate of drug-likeness (QED) is 0.0530. The molecule has 0 spiro atoms. The lowest BCUT2D eigenvalue weighted by molar-refractivity contribution is -0.256. The number of oxime groups is 1. The van der Waals surface area contributed by atoms with Crippen molar-refractivity contribution in [3.05, 3.63) is 77.7 Å². The number of halogens is 1. The molecule has 3 N–H and O–H groups in total. The average Bonchev–Trinajstić information content (AvgIpc) is 3.20. The van der Waals surface area contributed by atoms with Gasteiger partial charge in [0.25, 0.3) is 0 Å². The summed E-state index contributed by atoms with van der Waals surface area (Å²) in [5.74, 6) is -0.687. The summed E-state index contributed by atoms with van der Waals surface area (Å²) in [6, 6.07) is 10.9. The maximum atomic E-state index is 14.1. The molecule has 5 rings (SSSR count). The fraction of sp³-hybridized carbons (Fsp3) is 0.595. The summed E-state index contributed by atoms with van der Waals surface area (Å²) < 4.78 is 31.8. The van der Waals surface area contributed by atoms with Crippen molar-refractivity contribution < 1.29 is 48.6 Å². The molecule has 2 aliphatic carbocycles. The number of aliphatic hydroxyl groups is 3. The number of amides is 1. The Kier molecular flexibility index (Phi) is 16.8. The van der Waals surface area contributed by atoms with Gasteiger partial charge in [0.15, 0.2) is 0 Å². The van der Waals surface area contributed by atoms with Gasteiger partial charge in [-0.2, -0.15) is 0 Å². The molecule has 1 fully saturated rings. The highest BCUT2D eigenvalue weighted by atomic mass is 35.5. The van der Waals surface area contributed by atoms with Gasteiger partial charge in [-0.3, -0.25) is 9.88 Å². The normalized spacial score (nSPS) is 24.4. The second-order valence-corrected chi connectivity index (χ2v) is 14.7. The van der Waals surface area contributed by atoms with E-state index in [-0.39, 0.29) is 89.5 Å². The molecular formula is C42H58ClN3O10. The molecule has 1 aliphatic heterocycles. The molecule has 0 bridgehead atoms. The van der Waals surface area contributed by atoms with Crippen molar-refractivity contribution in [1.82, 2.24) is 9.88 Å². The van der Waals surface area contributed by atoms with Crippen molar-refractivity contribution in [2.45, 2.75) is 76.2 Å². The van der Waals surface area contributed by atoms with E-state index in [0.717, 1.165) is 48.2 Å². The summed E-state index contributed by atoms with van der Waals surface area (Å²) >= 11 is 5.98. The first-order valence-corrected chi connectivity index (χ1v) is 20.2. The van der Waals surface area contributed by atoms with Crippen LogP contribution in [0, 0.1) is 24.7 Å². The number of pyridine rings is 1. The van der Waals surface area contributed by atoms with Crippen LogP contribution in [-0.2, 0) is 25.7 Å². The predicted molar refractivity (Wildman–Crippen MR) is 212 cm³/mol. The Morgan fingerprint density at radius 3 is 2.61 bits per heavy atom. The molecule has 1 amide bonds. The van der Waals surface area contributed by atoms with Crippen LogP contribution in [0.15, 0.2) is 65.9 Å². The van der Waals surface area contributed by atoms with Gasteiger partial charge in [-0.1, -0.05) is 36.2 Å². The number of hydrogen-bond donors (Lipinski definition) is 3. The molecule has 2 aromatic rings. The van der Waals surface area contributed by atoms with Crippen LogP contribution < -0.4 is 9.47 Å². The highest BCUT2D eigenvalue weighted by molar-refractivity contribution is 6.18. The van der Waals surface area contributed by atoms with Crippen molar-refractivity contribution in [2.75, 3.05) is 65.8 Å². The van der Waals surface area contributed by atoms with Crippen molar-refractivity contribution in [3.63, 3.8) is 0 Å².